The second-order valence-corrected chi connectivity index (χ2v) is 10.5. The van der Waals surface area contributed by atoms with Crippen molar-refractivity contribution in [3.8, 4) is 11.1 Å². The Kier molecular flexibility index (Phi) is 8.74. The van der Waals surface area contributed by atoms with Crippen LogP contribution in [0.3, 0.4) is 0 Å². The van der Waals surface area contributed by atoms with Gasteiger partial charge in [-0.1, -0.05) is 42.7 Å². The largest absolute Gasteiger partial charge is 0.416 e. The Labute approximate surface area is 244 Å². The number of aryl methyl sites for hydroxylation is 1. The summed E-state index contributed by atoms with van der Waals surface area (Å²) in [6.07, 6.45) is -15.0. The molecule has 0 bridgehead atoms. The molecule has 0 saturated heterocycles. The van der Waals surface area contributed by atoms with Gasteiger partial charge in [0.15, 0.2) is 0 Å². The summed E-state index contributed by atoms with van der Waals surface area (Å²) >= 11 is 6.46. The zero-order chi connectivity index (χ0) is 31.9. The SMILES string of the molecule is CC(C)c1ccc(Cl)c(-c2ccc(C(F)(F)F)cc2CN(Cc2cc(C(F)(F)F)cc(C(F)(F)F)c2)c2nnn(C)n2)c1. The highest BCUT2D eigenvalue weighted by molar-refractivity contribution is 6.33. The van der Waals surface area contributed by atoms with Gasteiger partial charge in [-0.2, -0.15) is 44.3 Å². The van der Waals surface area contributed by atoms with Gasteiger partial charge in [0.2, 0.25) is 0 Å². The fourth-order valence-electron chi connectivity index (χ4n) is 4.41. The summed E-state index contributed by atoms with van der Waals surface area (Å²) in [4.78, 5) is 2.13. The predicted octanol–water partition coefficient (Wildman–Crippen LogP) is 8.92. The zero-order valence-electron chi connectivity index (χ0n) is 22.7. The smallest absolute Gasteiger partial charge is 0.330 e. The third kappa shape index (κ3) is 7.59. The average molecular weight is 636 g/mol. The van der Waals surface area contributed by atoms with E-state index in [9.17, 15) is 39.5 Å². The molecule has 0 aliphatic heterocycles. The first-order valence-electron chi connectivity index (χ1n) is 12.6. The number of hydrogen-bond donors (Lipinski definition) is 0. The minimum Gasteiger partial charge on any atom is -0.330 e. The van der Waals surface area contributed by atoms with E-state index in [0.717, 1.165) is 27.4 Å². The molecular weight excluding hydrogens is 613 g/mol. The van der Waals surface area contributed by atoms with Crippen LogP contribution < -0.4 is 4.90 Å². The summed E-state index contributed by atoms with van der Waals surface area (Å²) in [5, 5.41) is 11.7. The summed E-state index contributed by atoms with van der Waals surface area (Å²) in [7, 11) is 1.37. The standard InChI is InChI=1S/C28H23ClF9N5/c1-15(2)17-4-7-24(29)23(11-17)22-6-5-19(26(30,31)32)10-18(22)14-43(25-39-41-42(3)40-25)13-16-8-20(27(33,34)35)12-21(9-16)28(36,37)38/h4-12,15H,13-14H2,1-3H3. The molecule has 0 N–H and O–H groups in total. The predicted molar refractivity (Wildman–Crippen MR) is 141 cm³/mol. The fraction of sp³-hybridized carbons (Fsp3) is 0.321. The minimum absolute atomic E-state index is 0.0109. The van der Waals surface area contributed by atoms with Crippen LogP contribution >= 0.6 is 11.6 Å². The van der Waals surface area contributed by atoms with Crippen LogP contribution in [0.25, 0.3) is 11.1 Å². The number of rotatable bonds is 7. The van der Waals surface area contributed by atoms with Gasteiger partial charge in [-0.15, -0.1) is 5.10 Å². The normalized spacial score (nSPS) is 12.7. The lowest BCUT2D eigenvalue weighted by molar-refractivity contribution is -0.143. The summed E-state index contributed by atoms with van der Waals surface area (Å²) in [6.45, 7) is 2.73. The quantitative estimate of drug-likeness (QED) is 0.190. The van der Waals surface area contributed by atoms with Crippen molar-refractivity contribution in [3.63, 3.8) is 0 Å². The lowest BCUT2D eigenvalue weighted by atomic mass is 9.93. The van der Waals surface area contributed by atoms with Crippen molar-refractivity contribution in [2.45, 2.75) is 51.4 Å². The van der Waals surface area contributed by atoms with Crippen molar-refractivity contribution in [1.82, 2.24) is 20.2 Å². The van der Waals surface area contributed by atoms with Crippen LogP contribution in [0.5, 0.6) is 0 Å². The molecule has 4 rings (SSSR count). The molecular formula is C28H23ClF9N5. The molecule has 230 valence electrons. The third-order valence-electron chi connectivity index (χ3n) is 6.54. The van der Waals surface area contributed by atoms with Gasteiger partial charge in [0.25, 0.3) is 5.95 Å². The highest BCUT2D eigenvalue weighted by atomic mass is 35.5. The number of nitrogens with zero attached hydrogens (tertiary/aromatic N) is 5. The Balaban J connectivity index is 1.88. The summed E-state index contributed by atoms with van der Waals surface area (Å²) in [6, 6.07) is 9.07. The number of aromatic nitrogens is 4. The molecule has 15 heteroatoms. The topological polar surface area (TPSA) is 46.8 Å². The Morgan fingerprint density at radius 1 is 0.744 bits per heavy atom. The molecule has 5 nitrogen and oxygen atoms in total. The first kappa shape index (κ1) is 32.1. The summed E-state index contributed by atoms with van der Waals surface area (Å²) in [5.41, 5.74) is -3.01. The summed E-state index contributed by atoms with van der Waals surface area (Å²) < 4.78 is 123. The molecule has 0 radical (unpaired) electrons. The molecule has 0 saturated carbocycles. The second kappa shape index (κ2) is 11.7. The van der Waals surface area contributed by atoms with E-state index >= 15 is 0 Å². The van der Waals surface area contributed by atoms with Crippen LogP contribution in [0.4, 0.5) is 45.5 Å². The number of alkyl halides is 9. The van der Waals surface area contributed by atoms with Crippen LogP contribution in [0.15, 0.2) is 54.6 Å². The number of hydrogen-bond acceptors (Lipinski definition) is 4. The van der Waals surface area contributed by atoms with Crippen molar-refractivity contribution < 1.29 is 39.5 Å². The first-order chi connectivity index (χ1) is 19.8. The van der Waals surface area contributed by atoms with E-state index in [1.165, 1.54) is 13.1 Å². The van der Waals surface area contributed by atoms with E-state index in [1.54, 1.807) is 18.2 Å². The van der Waals surface area contributed by atoms with Gasteiger partial charge in [0.05, 0.1) is 23.7 Å². The lowest BCUT2D eigenvalue weighted by Crippen LogP contribution is -2.25. The van der Waals surface area contributed by atoms with Gasteiger partial charge in [-0.25, -0.2) is 0 Å². The highest BCUT2D eigenvalue weighted by Gasteiger charge is 2.37. The molecule has 0 fully saturated rings. The Morgan fingerprint density at radius 3 is 1.86 bits per heavy atom. The van der Waals surface area contributed by atoms with Crippen LogP contribution in [-0.4, -0.2) is 20.2 Å². The molecule has 4 aromatic rings. The second-order valence-electron chi connectivity index (χ2n) is 10.1. The molecule has 3 aromatic carbocycles. The van der Waals surface area contributed by atoms with Crippen LogP contribution in [0.1, 0.15) is 53.1 Å². The third-order valence-corrected chi connectivity index (χ3v) is 6.87. The van der Waals surface area contributed by atoms with E-state index in [1.807, 2.05) is 13.8 Å². The van der Waals surface area contributed by atoms with Crippen molar-refractivity contribution in [1.29, 1.82) is 0 Å². The lowest BCUT2D eigenvalue weighted by Gasteiger charge is -2.25. The molecule has 0 aliphatic rings. The first-order valence-corrected chi connectivity index (χ1v) is 13.0. The fourth-order valence-corrected chi connectivity index (χ4v) is 4.63. The summed E-state index contributed by atoms with van der Waals surface area (Å²) in [5.74, 6) is -0.197. The monoisotopic (exact) mass is 635 g/mol. The van der Waals surface area contributed by atoms with Crippen LogP contribution in [-0.2, 0) is 38.7 Å². The highest BCUT2D eigenvalue weighted by Crippen LogP contribution is 2.39. The van der Waals surface area contributed by atoms with E-state index in [2.05, 4.69) is 15.4 Å². The maximum absolute atomic E-state index is 13.8. The maximum Gasteiger partial charge on any atom is 0.416 e. The maximum atomic E-state index is 13.8. The van der Waals surface area contributed by atoms with Gasteiger partial charge < -0.3 is 4.90 Å². The van der Waals surface area contributed by atoms with Gasteiger partial charge in [0, 0.05) is 23.7 Å². The van der Waals surface area contributed by atoms with Gasteiger partial charge in [-0.05, 0) is 75.8 Å². The van der Waals surface area contributed by atoms with Crippen molar-refractivity contribution in [2.75, 3.05) is 4.90 Å². The number of benzene rings is 3. The van der Waals surface area contributed by atoms with E-state index in [0.29, 0.717) is 17.7 Å². The van der Waals surface area contributed by atoms with Gasteiger partial charge in [0.1, 0.15) is 0 Å². The van der Waals surface area contributed by atoms with Gasteiger partial charge in [-0.3, -0.25) is 0 Å². The van der Waals surface area contributed by atoms with Crippen LogP contribution in [0.2, 0.25) is 5.02 Å². The van der Waals surface area contributed by atoms with E-state index in [-0.39, 0.29) is 34.1 Å². The van der Waals surface area contributed by atoms with Gasteiger partial charge >= 0.3 is 18.5 Å². The molecule has 43 heavy (non-hydrogen) atoms. The molecule has 1 aromatic heterocycles. The molecule has 0 unspecified atom stereocenters. The molecule has 0 amide bonds. The van der Waals surface area contributed by atoms with Crippen LogP contribution in [0, 0.1) is 0 Å². The van der Waals surface area contributed by atoms with E-state index in [4.69, 9.17) is 11.6 Å². The minimum atomic E-state index is -5.10. The molecule has 0 atom stereocenters. The molecule has 1 heterocycles. The molecule has 0 spiro atoms. The van der Waals surface area contributed by atoms with Crippen molar-refractivity contribution in [2.24, 2.45) is 7.05 Å². The average Bonchev–Trinajstić information content (AvgIpc) is 3.33. The Hall–Kier alpha value is -3.81. The number of tetrazole rings is 1. The Morgan fingerprint density at radius 2 is 1.35 bits per heavy atom. The van der Waals surface area contributed by atoms with Crippen molar-refractivity contribution in [3.05, 3.63) is 93.0 Å². The number of anilines is 1. The van der Waals surface area contributed by atoms with E-state index < -0.39 is 53.9 Å². The number of halogens is 10. The zero-order valence-corrected chi connectivity index (χ0v) is 23.5. The Bertz CT molecular complexity index is 1580. The van der Waals surface area contributed by atoms with Crippen molar-refractivity contribution >= 4 is 17.5 Å². The molecule has 0 aliphatic carbocycles.